The zero-order valence-corrected chi connectivity index (χ0v) is 5.86. The highest BCUT2D eigenvalue weighted by Crippen LogP contribution is 1.99. The van der Waals surface area contributed by atoms with Crippen LogP contribution in [0.25, 0.3) is 0 Å². The summed E-state index contributed by atoms with van der Waals surface area (Å²) < 4.78 is 0. The first-order valence-corrected chi connectivity index (χ1v) is 3.39. The summed E-state index contributed by atoms with van der Waals surface area (Å²) in [5.74, 6) is 0. The first-order valence-electron chi connectivity index (χ1n) is 3.39. The van der Waals surface area contributed by atoms with E-state index in [0.29, 0.717) is 19.4 Å². The molecule has 10 heavy (non-hydrogen) atoms. The Morgan fingerprint density at radius 1 is 1.40 bits per heavy atom. The molecule has 0 aromatic carbocycles. The Morgan fingerprint density at radius 3 is 2.60 bits per heavy atom. The third kappa shape index (κ3) is 5.65. The third-order valence-electron chi connectivity index (χ3n) is 1.25. The Hall–Kier alpha value is -0.480. The van der Waals surface area contributed by atoms with E-state index in [1.807, 2.05) is 0 Å². The van der Waals surface area contributed by atoms with Gasteiger partial charge in [0.2, 0.25) is 0 Å². The van der Waals surface area contributed by atoms with Gasteiger partial charge in [-0.1, -0.05) is 5.18 Å². The SMILES string of the molecule is O=NCCCCC(O)CO. The summed E-state index contributed by atoms with van der Waals surface area (Å²) in [4.78, 5) is 9.56. The van der Waals surface area contributed by atoms with Gasteiger partial charge in [-0.05, 0) is 19.3 Å². The zero-order chi connectivity index (χ0) is 7.82. The van der Waals surface area contributed by atoms with Crippen molar-refractivity contribution in [2.75, 3.05) is 13.2 Å². The lowest BCUT2D eigenvalue weighted by atomic mass is 10.2. The van der Waals surface area contributed by atoms with Crippen LogP contribution in [0, 0.1) is 4.91 Å². The highest BCUT2D eigenvalue weighted by atomic mass is 16.3. The summed E-state index contributed by atoms with van der Waals surface area (Å²) in [6, 6.07) is 0. The highest BCUT2D eigenvalue weighted by Gasteiger charge is 1.99. The van der Waals surface area contributed by atoms with Crippen molar-refractivity contribution in [2.45, 2.75) is 25.4 Å². The van der Waals surface area contributed by atoms with Crippen molar-refractivity contribution in [1.82, 2.24) is 0 Å². The maximum Gasteiger partial charge on any atom is 0.0811 e. The van der Waals surface area contributed by atoms with Crippen molar-refractivity contribution >= 4 is 0 Å². The largest absolute Gasteiger partial charge is 0.394 e. The van der Waals surface area contributed by atoms with Gasteiger partial charge in [0, 0.05) is 0 Å². The summed E-state index contributed by atoms with van der Waals surface area (Å²) >= 11 is 0. The molecule has 0 aliphatic rings. The number of nitroso groups, excluding NO2 is 1. The van der Waals surface area contributed by atoms with Gasteiger partial charge in [-0.25, -0.2) is 0 Å². The maximum atomic E-state index is 9.56. The molecule has 4 nitrogen and oxygen atoms in total. The molecule has 2 N–H and O–H groups in total. The second kappa shape index (κ2) is 6.64. The van der Waals surface area contributed by atoms with E-state index < -0.39 is 6.10 Å². The van der Waals surface area contributed by atoms with Crippen molar-refractivity contribution in [3.63, 3.8) is 0 Å². The van der Waals surface area contributed by atoms with Crippen LogP contribution in [0.15, 0.2) is 5.18 Å². The fraction of sp³-hybridized carbons (Fsp3) is 1.00. The maximum absolute atomic E-state index is 9.56. The molecular formula is C6H13NO3. The molecule has 1 unspecified atom stereocenters. The second-order valence-electron chi connectivity index (χ2n) is 2.18. The van der Waals surface area contributed by atoms with Crippen LogP contribution >= 0.6 is 0 Å². The van der Waals surface area contributed by atoms with Gasteiger partial charge in [0.05, 0.1) is 19.3 Å². The van der Waals surface area contributed by atoms with Gasteiger partial charge in [0.15, 0.2) is 0 Å². The van der Waals surface area contributed by atoms with Crippen LogP contribution in [0.4, 0.5) is 0 Å². The molecule has 0 heterocycles. The monoisotopic (exact) mass is 147 g/mol. The number of aliphatic hydroxyl groups is 2. The number of hydrogen-bond donors (Lipinski definition) is 2. The van der Waals surface area contributed by atoms with E-state index >= 15 is 0 Å². The van der Waals surface area contributed by atoms with E-state index in [2.05, 4.69) is 5.18 Å². The van der Waals surface area contributed by atoms with Crippen LogP contribution in [0.3, 0.4) is 0 Å². The smallest absolute Gasteiger partial charge is 0.0811 e. The van der Waals surface area contributed by atoms with Crippen molar-refractivity contribution in [1.29, 1.82) is 0 Å². The minimum absolute atomic E-state index is 0.200. The molecule has 0 rings (SSSR count). The predicted molar refractivity (Wildman–Crippen MR) is 37.6 cm³/mol. The topological polar surface area (TPSA) is 69.9 Å². The summed E-state index contributed by atoms with van der Waals surface area (Å²) in [5, 5.41) is 19.8. The van der Waals surface area contributed by atoms with Gasteiger partial charge in [-0.3, -0.25) is 0 Å². The average Bonchev–Trinajstić information content (AvgIpc) is 1.98. The third-order valence-corrected chi connectivity index (χ3v) is 1.25. The average molecular weight is 147 g/mol. The molecule has 0 bridgehead atoms. The van der Waals surface area contributed by atoms with E-state index in [0.717, 1.165) is 6.42 Å². The summed E-state index contributed by atoms with van der Waals surface area (Å²) in [7, 11) is 0. The fourth-order valence-electron chi connectivity index (χ4n) is 0.648. The highest BCUT2D eigenvalue weighted by molar-refractivity contribution is 4.53. The van der Waals surface area contributed by atoms with Crippen molar-refractivity contribution < 1.29 is 10.2 Å². The normalized spacial score (nSPS) is 13.0. The van der Waals surface area contributed by atoms with Crippen LogP contribution < -0.4 is 0 Å². The Labute approximate surface area is 59.8 Å². The zero-order valence-electron chi connectivity index (χ0n) is 5.86. The van der Waals surface area contributed by atoms with Gasteiger partial charge in [0.1, 0.15) is 0 Å². The molecule has 60 valence electrons. The molecule has 4 heteroatoms. The second-order valence-corrected chi connectivity index (χ2v) is 2.18. The molecular weight excluding hydrogens is 134 g/mol. The molecule has 1 atom stereocenters. The van der Waals surface area contributed by atoms with Gasteiger partial charge in [0.25, 0.3) is 0 Å². The van der Waals surface area contributed by atoms with Gasteiger partial charge in [-0.2, -0.15) is 4.91 Å². The molecule has 0 fully saturated rings. The first kappa shape index (κ1) is 9.52. The summed E-state index contributed by atoms with van der Waals surface area (Å²) in [6.07, 6.45) is 1.35. The first-order chi connectivity index (χ1) is 4.81. The van der Waals surface area contributed by atoms with E-state index in [9.17, 15) is 4.91 Å². The molecule has 0 saturated carbocycles. The fourth-order valence-corrected chi connectivity index (χ4v) is 0.648. The van der Waals surface area contributed by atoms with E-state index in [4.69, 9.17) is 10.2 Å². The van der Waals surface area contributed by atoms with Crippen LogP contribution in [-0.2, 0) is 0 Å². The Morgan fingerprint density at radius 2 is 2.10 bits per heavy atom. The molecule has 0 aliphatic heterocycles. The Balaban J connectivity index is 2.95. The molecule has 0 aromatic heterocycles. The van der Waals surface area contributed by atoms with Crippen molar-refractivity contribution in [3.05, 3.63) is 4.91 Å². The number of hydrogen-bond acceptors (Lipinski definition) is 4. The van der Waals surface area contributed by atoms with Crippen molar-refractivity contribution in [2.24, 2.45) is 5.18 Å². The molecule has 0 aliphatic carbocycles. The van der Waals surface area contributed by atoms with Gasteiger partial charge in [-0.15, -0.1) is 0 Å². The molecule has 0 radical (unpaired) electrons. The minimum atomic E-state index is -0.633. The van der Waals surface area contributed by atoms with Crippen molar-refractivity contribution in [3.8, 4) is 0 Å². The van der Waals surface area contributed by atoms with Crippen LogP contribution in [-0.4, -0.2) is 29.5 Å². The Bertz CT molecular complexity index is 87.1. The number of aliphatic hydroxyl groups excluding tert-OH is 2. The lowest BCUT2D eigenvalue weighted by Gasteiger charge is -2.03. The molecule has 0 saturated heterocycles. The van der Waals surface area contributed by atoms with E-state index in [1.165, 1.54) is 0 Å². The van der Waals surface area contributed by atoms with Crippen LogP contribution in [0.2, 0.25) is 0 Å². The van der Waals surface area contributed by atoms with Gasteiger partial charge < -0.3 is 10.2 Å². The molecule has 0 aromatic rings. The summed E-state index contributed by atoms with van der Waals surface area (Å²) in [5.41, 5.74) is 0. The van der Waals surface area contributed by atoms with Crippen LogP contribution in [0.1, 0.15) is 19.3 Å². The lowest BCUT2D eigenvalue weighted by Crippen LogP contribution is -2.11. The number of rotatable bonds is 6. The quantitative estimate of drug-likeness (QED) is 0.418. The van der Waals surface area contributed by atoms with E-state index in [-0.39, 0.29) is 6.61 Å². The lowest BCUT2D eigenvalue weighted by molar-refractivity contribution is 0.0863. The molecule has 0 spiro atoms. The van der Waals surface area contributed by atoms with E-state index in [1.54, 1.807) is 0 Å². The van der Waals surface area contributed by atoms with Crippen LogP contribution in [0.5, 0.6) is 0 Å². The van der Waals surface area contributed by atoms with Gasteiger partial charge >= 0.3 is 0 Å². The molecule has 0 amide bonds. The minimum Gasteiger partial charge on any atom is -0.394 e. The summed E-state index contributed by atoms with van der Waals surface area (Å²) in [6.45, 7) is 0.104. The Kier molecular flexibility index (Phi) is 6.32. The number of nitrogens with zero attached hydrogens (tertiary/aromatic N) is 1. The predicted octanol–water partition coefficient (Wildman–Crippen LogP) is 0.276. The standard InChI is InChI=1S/C6H13NO3/c8-5-6(9)3-1-2-4-7-10/h6,8-9H,1-5H2. The number of unbranched alkanes of at least 4 members (excludes halogenated alkanes) is 1.